The molecule has 2 aromatic rings. The van der Waals surface area contributed by atoms with E-state index in [-0.39, 0.29) is 0 Å². The summed E-state index contributed by atoms with van der Waals surface area (Å²) in [4.78, 5) is 5.47. The van der Waals surface area contributed by atoms with Crippen LogP contribution in [0.3, 0.4) is 0 Å². The van der Waals surface area contributed by atoms with Gasteiger partial charge in [0.2, 0.25) is 5.75 Å². The molecule has 3 aliphatic rings. The lowest BCUT2D eigenvalue weighted by Gasteiger charge is -2.57. The van der Waals surface area contributed by atoms with E-state index < -0.39 is 0 Å². The molecule has 1 atom stereocenters. The minimum absolute atomic E-state index is 0.415. The lowest BCUT2D eigenvalue weighted by atomic mass is 9.60. The predicted octanol–water partition coefficient (Wildman–Crippen LogP) is 5.23. The number of methoxy groups -OCH3 is 3. The van der Waals surface area contributed by atoms with Crippen molar-refractivity contribution in [2.75, 3.05) is 54.1 Å². The number of hydrogen-bond donors (Lipinski definition) is 1. The molecule has 0 bridgehead atoms. The lowest BCUT2D eigenvalue weighted by Crippen LogP contribution is -2.59. The number of rotatable bonds is 8. The molecule has 0 radical (unpaired) electrons. The Hall–Kier alpha value is -2.28. The van der Waals surface area contributed by atoms with E-state index in [0.29, 0.717) is 29.2 Å². The van der Waals surface area contributed by atoms with Crippen molar-refractivity contribution in [2.45, 2.75) is 64.1 Å². The maximum Gasteiger partial charge on any atom is 0.203 e. The number of piperidine rings is 1. The first kappa shape index (κ1) is 26.3. The third kappa shape index (κ3) is 5.34. The van der Waals surface area contributed by atoms with Gasteiger partial charge in [0.15, 0.2) is 11.5 Å². The van der Waals surface area contributed by atoms with Gasteiger partial charge in [-0.15, -0.1) is 0 Å². The van der Waals surface area contributed by atoms with E-state index >= 15 is 0 Å². The molecule has 2 aliphatic heterocycles. The molecular formula is C31H45N3O3. The van der Waals surface area contributed by atoms with Gasteiger partial charge >= 0.3 is 0 Å². The maximum absolute atomic E-state index is 5.63. The number of ether oxygens (including phenoxy) is 3. The minimum atomic E-state index is 0.415. The Morgan fingerprint density at radius 3 is 2.24 bits per heavy atom. The van der Waals surface area contributed by atoms with Crippen LogP contribution in [0.5, 0.6) is 17.2 Å². The summed E-state index contributed by atoms with van der Waals surface area (Å²) >= 11 is 0. The van der Waals surface area contributed by atoms with Crippen molar-refractivity contribution >= 4 is 0 Å². The van der Waals surface area contributed by atoms with E-state index in [1.54, 1.807) is 21.3 Å². The Bertz CT molecular complexity index is 1030. The minimum Gasteiger partial charge on any atom is -0.493 e. The van der Waals surface area contributed by atoms with Crippen LogP contribution in [0, 0.1) is 5.41 Å². The highest BCUT2D eigenvalue weighted by Crippen LogP contribution is 2.52. The predicted molar refractivity (Wildman–Crippen MR) is 149 cm³/mol. The Balaban J connectivity index is 1.39. The number of nitrogens with zero attached hydrogens (tertiary/aromatic N) is 2. The molecule has 2 saturated heterocycles. The van der Waals surface area contributed by atoms with Crippen LogP contribution in [-0.2, 0) is 6.54 Å². The Kier molecular flexibility index (Phi) is 7.99. The van der Waals surface area contributed by atoms with Crippen molar-refractivity contribution in [3.05, 3.63) is 53.1 Å². The second kappa shape index (κ2) is 11.2. The molecule has 5 rings (SSSR count). The molecule has 1 N–H and O–H groups in total. The van der Waals surface area contributed by atoms with E-state index in [2.05, 4.69) is 65.4 Å². The van der Waals surface area contributed by atoms with Crippen LogP contribution in [-0.4, -0.2) is 69.9 Å². The molecule has 202 valence electrons. The van der Waals surface area contributed by atoms with Gasteiger partial charge in [-0.2, -0.15) is 0 Å². The van der Waals surface area contributed by atoms with E-state index in [4.69, 9.17) is 14.2 Å². The lowest BCUT2D eigenvalue weighted by molar-refractivity contribution is -0.0650. The SMILES string of the molecule is COc1cc(CN2CCN(C3CC4(CCNCC4)C3)C(c3ccccc3C(C)C)C2)cc(OC)c1OC. The molecule has 6 nitrogen and oxygen atoms in total. The van der Waals surface area contributed by atoms with E-state index in [1.807, 2.05) is 0 Å². The fraction of sp³-hybridized carbons (Fsp3) is 0.613. The highest BCUT2D eigenvalue weighted by Gasteiger charge is 2.49. The average molecular weight is 508 g/mol. The second-order valence-corrected chi connectivity index (χ2v) is 11.6. The summed E-state index contributed by atoms with van der Waals surface area (Å²) in [5.74, 6) is 2.61. The highest BCUT2D eigenvalue weighted by atomic mass is 16.5. The third-order valence-corrected chi connectivity index (χ3v) is 9.08. The first-order valence-electron chi connectivity index (χ1n) is 14.0. The van der Waals surface area contributed by atoms with E-state index in [0.717, 1.165) is 37.7 Å². The van der Waals surface area contributed by atoms with Gasteiger partial charge in [0.1, 0.15) is 0 Å². The van der Waals surface area contributed by atoms with Crippen LogP contribution in [0.15, 0.2) is 36.4 Å². The molecule has 0 aromatic heterocycles. The number of hydrogen-bond acceptors (Lipinski definition) is 6. The van der Waals surface area contributed by atoms with Gasteiger partial charge in [-0.25, -0.2) is 0 Å². The average Bonchev–Trinajstić information content (AvgIpc) is 2.91. The summed E-state index contributed by atoms with van der Waals surface area (Å²) in [5, 5.41) is 3.56. The van der Waals surface area contributed by atoms with Crippen LogP contribution in [0.25, 0.3) is 0 Å². The number of benzene rings is 2. The summed E-state index contributed by atoms with van der Waals surface area (Å²) in [6.07, 6.45) is 5.42. The summed E-state index contributed by atoms with van der Waals surface area (Å²) < 4.78 is 16.8. The van der Waals surface area contributed by atoms with Gasteiger partial charge in [-0.05, 0) is 78.9 Å². The number of nitrogens with one attached hydrogen (secondary N) is 1. The molecule has 1 unspecified atom stereocenters. The Labute approximate surface area is 223 Å². The van der Waals surface area contributed by atoms with Gasteiger partial charge in [-0.1, -0.05) is 38.1 Å². The Morgan fingerprint density at radius 1 is 0.946 bits per heavy atom. The van der Waals surface area contributed by atoms with Gasteiger partial charge in [0.25, 0.3) is 0 Å². The zero-order chi connectivity index (χ0) is 26.0. The summed E-state index contributed by atoms with van der Waals surface area (Å²) in [7, 11) is 5.03. The van der Waals surface area contributed by atoms with Crippen molar-refractivity contribution in [2.24, 2.45) is 5.41 Å². The maximum atomic E-state index is 5.63. The molecule has 1 saturated carbocycles. The van der Waals surface area contributed by atoms with Gasteiger partial charge in [-0.3, -0.25) is 9.80 Å². The molecule has 2 aromatic carbocycles. The van der Waals surface area contributed by atoms with Crippen molar-refractivity contribution < 1.29 is 14.2 Å². The first-order valence-corrected chi connectivity index (χ1v) is 14.0. The molecule has 37 heavy (non-hydrogen) atoms. The van der Waals surface area contributed by atoms with E-state index in [9.17, 15) is 0 Å². The monoisotopic (exact) mass is 507 g/mol. The van der Waals surface area contributed by atoms with E-state index in [1.165, 1.54) is 55.5 Å². The zero-order valence-corrected chi connectivity index (χ0v) is 23.4. The second-order valence-electron chi connectivity index (χ2n) is 11.6. The molecule has 6 heteroatoms. The van der Waals surface area contributed by atoms with Gasteiger partial charge < -0.3 is 19.5 Å². The molecule has 0 amide bonds. The topological polar surface area (TPSA) is 46.2 Å². The zero-order valence-electron chi connectivity index (χ0n) is 23.4. The van der Waals surface area contributed by atoms with Crippen LogP contribution in [0.2, 0.25) is 0 Å². The fourth-order valence-corrected chi connectivity index (χ4v) is 7.08. The molecule has 2 heterocycles. The van der Waals surface area contributed by atoms with Crippen molar-refractivity contribution in [1.82, 2.24) is 15.1 Å². The van der Waals surface area contributed by atoms with Crippen LogP contribution in [0.4, 0.5) is 0 Å². The van der Waals surface area contributed by atoms with Crippen molar-refractivity contribution in [3.63, 3.8) is 0 Å². The Morgan fingerprint density at radius 2 is 1.62 bits per heavy atom. The third-order valence-electron chi connectivity index (χ3n) is 9.08. The normalized spacial score (nSPS) is 22.7. The first-order chi connectivity index (χ1) is 18.0. The van der Waals surface area contributed by atoms with Crippen LogP contribution >= 0.6 is 0 Å². The summed E-state index contributed by atoms with van der Waals surface area (Å²) in [5.41, 5.74) is 4.78. The quantitative estimate of drug-likeness (QED) is 0.528. The van der Waals surface area contributed by atoms with Crippen molar-refractivity contribution in [3.8, 4) is 17.2 Å². The van der Waals surface area contributed by atoms with Crippen LogP contribution < -0.4 is 19.5 Å². The van der Waals surface area contributed by atoms with Gasteiger partial charge in [0.05, 0.1) is 21.3 Å². The molecular weight excluding hydrogens is 462 g/mol. The van der Waals surface area contributed by atoms with Crippen LogP contribution in [0.1, 0.15) is 68.2 Å². The smallest absolute Gasteiger partial charge is 0.203 e. The fourth-order valence-electron chi connectivity index (χ4n) is 7.08. The molecule has 3 fully saturated rings. The highest BCUT2D eigenvalue weighted by molar-refractivity contribution is 5.53. The molecule has 1 spiro atoms. The summed E-state index contributed by atoms with van der Waals surface area (Å²) in [6, 6.07) is 14.5. The largest absolute Gasteiger partial charge is 0.493 e. The standard InChI is InChI=1S/C31H45N3O3/c1-22(2)25-8-6-7-9-26(25)27-21-33(20-23-16-28(35-3)30(37-5)29(17-23)36-4)14-15-34(27)24-18-31(19-24)10-12-32-13-11-31/h6-9,16-17,22,24,27,32H,10-15,18-21H2,1-5H3. The number of piperazine rings is 1. The van der Waals surface area contributed by atoms with Crippen molar-refractivity contribution in [1.29, 1.82) is 0 Å². The molecule has 1 aliphatic carbocycles. The summed E-state index contributed by atoms with van der Waals surface area (Å²) in [6.45, 7) is 11.1. The van der Waals surface area contributed by atoms with Gasteiger partial charge in [0, 0.05) is 38.3 Å².